The first-order valence-electron chi connectivity index (χ1n) is 6.45. The second-order valence-electron chi connectivity index (χ2n) is 4.53. The van der Waals surface area contributed by atoms with Crippen molar-refractivity contribution < 1.29 is 0 Å². The van der Waals surface area contributed by atoms with E-state index in [1.165, 1.54) is 45.1 Å². The van der Waals surface area contributed by atoms with Crippen LogP contribution in [0.2, 0.25) is 0 Å². The highest BCUT2D eigenvalue weighted by molar-refractivity contribution is 4.95. The Balaban J connectivity index is 2.30. The van der Waals surface area contributed by atoms with Crippen molar-refractivity contribution in [3.63, 3.8) is 0 Å². The average Bonchev–Trinajstić information content (AvgIpc) is 2.58. The summed E-state index contributed by atoms with van der Waals surface area (Å²) in [6, 6.07) is 0. The second kappa shape index (κ2) is 6.76. The molecule has 1 aliphatic rings. The summed E-state index contributed by atoms with van der Waals surface area (Å²) >= 11 is 0. The van der Waals surface area contributed by atoms with E-state index in [1.54, 1.807) is 0 Å². The molecule has 0 bridgehead atoms. The van der Waals surface area contributed by atoms with Gasteiger partial charge in [-0.25, -0.2) is 0 Å². The van der Waals surface area contributed by atoms with Crippen LogP contribution in [0.5, 0.6) is 0 Å². The summed E-state index contributed by atoms with van der Waals surface area (Å²) in [7, 11) is 2.19. The third-order valence-corrected chi connectivity index (χ3v) is 3.18. The van der Waals surface area contributed by atoms with Gasteiger partial charge in [-0.3, -0.25) is 0 Å². The van der Waals surface area contributed by atoms with Crippen molar-refractivity contribution in [2.45, 2.75) is 58.5 Å². The van der Waals surface area contributed by atoms with E-state index in [4.69, 9.17) is 0 Å². The summed E-state index contributed by atoms with van der Waals surface area (Å²) < 4.78 is 0. The van der Waals surface area contributed by atoms with Crippen LogP contribution in [0.15, 0.2) is 12.4 Å². The van der Waals surface area contributed by atoms with Gasteiger partial charge in [0.05, 0.1) is 0 Å². The van der Waals surface area contributed by atoms with Crippen LogP contribution in [0.1, 0.15) is 52.4 Å². The van der Waals surface area contributed by atoms with Gasteiger partial charge in [-0.2, -0.15) is 0 Å². The molecule has 1 heterocycles. The van der Waals surface area contributed by atoms with Crippen LogP contribution in [-0.2, 0) is 0 Å². The Morgan fingerprint density at radius 1 is 1.00 bits per heavy atom. The smallest absolute Gasteiger partial charge is 0.100 e. The van der Waals surface area contributed by atoms with Gasteiger partial charge in [0.15, 0.2) is 0 Å². The van der Waals surface area contributed by atoms with Crippen LogP contribution in [0.25, 0.3) is 0 Å². The second-order valence-corrected chi connectivity index (χ2v) is 4.53. The van der Waals surface area contributed by atoms with E-state index in [2.05, 4.69) is 43.1 Å². The predicted octanol–water partition coefficient (Wildman–Crippen LogP) is 3.41. The molecule has 1 atom stereocenters. The van der Waals surface area contributed by atoms with Gasteiger partial charge in [0, 0.05) is 26.0 Å². The summed E-state index contributed by atoms with van der Waals surface area (Å²) in [5.74, 6) is 0. The Labute approximate surface area is 94.9 Å². The summed E-state index contributed by atoms with van der Waals surface area (Å²) in [6.07, 6.45) is 13.0. The number of hydrogen-bond donors (Lipinski definition) is 0. The summed E-state index contributed by atoms with van der Waals surface area (Å²) in [5.41, 5.74) is 0. The fourth-order valence-corrected chi connectivity index (χ4v) is 2.15. The van der Waals surface area contributed by atoms with Crippen molar-refractivity contribution >= 4 is 0 Å². The Morgan fingerprint density at radius 2 is 1.73 bits per heavy atom. The molecule has 0 aromatic heterocycles. The first kappa shape index (κ1) is 12.4. The maximum absolute atomic E-state index is 2.51. The highest BCUT2D eigenvalue weighted by Crippen LogP contribution is 2.19. The topological polar surface area (TPSA) is 6.48 Å². The van der Waals surface area contributed by atoms with E-state index in [-0.39, 0.29) is 0 Å². The maximum atomic E-state index is 2.51. The first-order valence-corrected chi connectivity index (χ1v) is 6.45. The number of rotatable bonds is 7. The molecular formula is C13H26N2. The number of unbranched alkanes of at least 4 members (excludes halogenated alkanes) is 3. The fraction of sp³-hybridized carbons (Fsp3) is 0.846. The van der Waals surface area contributed by atoms with Gasteiger partial charge < -0.3 is 9.80 Å². The molecule has 15 heavy (non-hydrogen) atoms. The zero-order chi connectivity index (χ0) is 11.1. The van der Waals surface area contributed by atoms with Gasteiger partial charge in [0.2, 0.25) is 0 Å². The SMILES string of the molecule is CCCCCN1C=CN(C)C1CCCC. The molecule has 0 spiro atoms. The summed E-state index contributed by atoms with van der Waals surface area (Å²) in [4.78, 5) is 4.85. The van der Waals surface area contributed by atoms with Crippen molar-refractivity contribution in [2.75, 3.05) is 13.6 Å². The van der Waals surface area contributed by atoms with Crippen LogP contribution in [0.3, 0.4) is 0 Å². The van der Waals surface area contributed by atoms with Crippen LogP contribution < -0.4 is 0 Å². The highest BCUT2D eigenvalue weighted by Gasteiger charge is 2.21. The Morgan fingerprint density at radius 3 is 2.40 bits per heavy atom. The lowest BCUT2D eigenvalue weighted by Crippen LogP contribution is -2.36. The summed E-state index contributed by atoms with van der Waals surface area (Å²) in [5, 5.41) is 0. The molecule has 0 fully saturated rings. The normalized spacial score (nSPS) is 20.3. The number of nitrogens with zero attached hydrogens (tertiary/aromatic N) is 2. The molecule has 0 amide bonds. The standard InChI is InChI=1S/C13H26N2/c1-4-6-8-10-15-12-11-14(3)13(15)9-7-5-2/h11-13H,4-10H2,1-3H3. The van der Waals surface area contributed by atoms with E-state index in [0.717, 1.165) is 0 Å². The zero-order valence-electron chi connectivity index (χ0n) is 10.6. The van der Waals surface area contributed by atoms with Gasteiger partial charge >= 0.3 is 0 Å². The molecule has 0 saturated heterocycles. The van der Waals surface area contributed by atoms with E-state index in [1.807, 2.05) is 0 Å². The Hall–Kier alpha value is -0.660. The lowest BCUT2D eigenvalue weighted by Gasteiger charge is -2.30. The van der Waals surface area contributed by atoms with Gasteiger partial charge in [0.25, 0.3) is 0 Å². The quantitative estimate of drug-likeness (QED) is 0.594. The van der Waals surface area contributed by atoms with Crippen molar-refractivity contribution in [1.82, 2.24) is 9.80 Å². The van der Waals surface area contributed by atoms with Crippen molar-refractivity contribution in [1.29, 1.82) is 0 Å². The first-order chi connectivity index (χ1) is 7.29. The van der Waals surface area contributed by atoms with Gasteiger partial charge in [-0.1, -0.05) is 33.1 Å². The van der Waals surface area contributed by atoms with E-state index >= 15 is 0 Å². The Bertz CT molecular complexity index is 189. The van der Waals surface area contributed by atoms with Gasteiger partial charge in [-0.15, -0.1) is 0 Å². The molecule has 0 saturated carbocycles. The monoisotopic (exact) mass is 210 g/mol. The molecular weight excluding hydrogens is 184 g/mol. The van der Waals surface area contributed by atoms with Crippen molar-refractivity contribution in [3.8, 4) is 0 Å². The minimum Gasteiger partial charge on any atom is -0.359 e. The molecule has 2 heteroatoms. The van der Waals surface area contributed by atoms with E-state index in [9.17, 15) is 0 Å². The number of hydrogen-bond acceptors (Lipinski definition) is 2. The molecule has 1 rings (SSSR count). The van der Waals surface area contributed by atoms with E-state index < -0.39 is 0 Å². The maximum Gasteiger partial charge on any atom is 0.100 e. The largest absolute Gasteiger partial charge is 0.359 e. The molecule has 88 valence electrons. The fourth-order valence-electron chi connectivity index (χ4n) is 2.15. The highest BCUT2D eigenvalue weighted by atomic mass is 15.4. The minimum atomic E-state index is 0.627. The average molecular weight is 210 g/mol. The van der Waals surface area contributed by atoms with E-state index in [0.29, 0.717) is 6.17 Å². The van der Waals surface area contributed by atoms with Crippen LogP contribution in [-0.4, -0.2) is 29.6 Å². The molecule has 1 aliphatic heterocycles. The lowest BCUT2D eigenvalue weighted by molar-refractivity contribution is 0.160. The molecule has 2 nitrogen and oxygen atoms in total. The molecule has 0 radical (unpaired) electrons. The molecule has 0 N–H and O–H groups in total. The minimum absolute atomic E-state index is 0.627. The van der Waals surface area contributed by atoms with Gasteiger partial charge in [-0.05, 0) is 19.3 Å². The summed E-state index contributed by atoms with van der Waals surface area (Å²) in [6.45, 7) is 5.76. The molecule has 0 aliphatic carbocycles. The molecule has 1 unspecified atom stereocenters. The van der Waals surface area contributed by atoms with Gasteiger partial charge in [0.1, 0.15) is 6.17 Å². The third-order valence-electron chi connectivity index (χ3n) is 3.18. The zero-order valence-corrected chi connectivity index (χ0v) is 10.6. The van der Waals surface area contributed by atoms with Crippen LogP contribution in [0, 0.1) is 0 Å². The lowest BCUT2D eigenvalue weighted by atomic mass is 10.2. The predicted molar refractivity (Wildman–Crippen MR) is 66.4 cm³/mol. The third kappa shape index (κ3) is 3.77. The van der Waals surface area contributed by atoms with Crippen molar-refractivity contribution in [2.24, 2.45) is 0 Å². The van der Waals surface area contributed by atoms with Crippen LogP contribution in [0.4, 0.5) is 0 Å². The van der Waals surface area contributed by atoms with Crippen LogP contribution >= 0.6 is 0 Å². The molecule has 0 aromatic carbocycles. The Kier molecular flexibility index (Phi) is 5.59. The van der Waals surface area contributed by atoms with Crippen molar-refractivity contribution in [3.05, 3.63) is 12.4 Å². The molecule has 0 aromatic rings.